The lowest BCUT2D eigenvalue weighted by Crippen LogP contribution is -2.14. The van der Waals surface area contributed by atoms with E-state index in [4.69, 9.17) is 11.6 Å². The molecule has 89 valence electrons. The van der Waals surface area contributed by atoms with Gasteiger partial charge in [-0.05, 0) is 44.0 Å². The molecular weight excluding hydrogens is 232 g/mol. The fourth-order valence-corrected chi connectivity index (χ4v) is 2.09. The molecule has 2 aromatic rings. The third kappa shape index (κ3) is 2.89. The van der Waals surface area contributed by atoms with Gasteiger partial charge < -0.3 is 5.32 Å². The van der Waals surface area contributed by atoms with Gasteiger partial charge in [-0.2, -0.15) is 0 Å². The third-order valence-electron chi connectivity index (χ3n) is 2.70. The summed E-state index contributed by atoms with van der Waals surface area (Å²) in [6, 6.07) is 8.21. The second-order valence-corrected chi connectivity index (χ2v) is 4.65. The van der Waals surface area contributed by atoms with Gasteiger partial charge in [-0.25, -0.2) is 0 Å². The summed E-state index contributed by atoms with van der Waals surface area (Å²) in [7, 11) is 0. The predicted octanol–water partition coefficient (Wildman–Crippen LogP) is 4.30. The number of hydrogen-bond acceptors (Lipinski definition) is 2. The number of fused-ring (bicyclic) bond motifs is 1. The monoisotopic (exact) mass is 247 g/mol. The molecule has 1 N–H and O–H groups in total. The van der Waals surface area contributed by atoms with Crippen LogP contribution < -0.4 is 5.32 Å². The largest absolute Gasteiger partial charge is 0.382 e. The van der Waals surface area contributed by atoms with Crippen LogP contribution in [0, 0.1) is 6.42 Å². The van der Waals surface area contributed by atoms with Crippen molar-refractivity contribution in [3.8, 4) is 0 Å². The highest BCUT2D eigenvalue weighted by Gasteiger charge is 2.05. The van der Waals surface area contributed by atoms with Gasteiger partial charge in [0, 0.05) is 28.3 Å². The van der Waals surface area contributed by atoms with Gasteiger partial charge in [0.15, 0.2) is 0 Å². The van der Waals surface area contributed by atoms with Crippen LogP contribution in [0.5, 0.6) is 0 Å². The zero-order valence-electron chi connectivity index (χ0n) is 10.1. The molecule has 0 aliphatic heterocycles. The molecule has 0 amide bonds. The zero-order chi connectivity index (χ0) is 12.3. The van der Waals surface area contributed by atoms with E-state index in [9.17, 15) is 0 Å². The van der Waals surface area contributed by atoms with E-state index in [1.54, 1.807) is 0 Å². The Hall–Kier alpha value is -1.28. The third-order valence-corrected chi connectivity index (χ3v) is 2.93. The van der Waals surface area contributed by atoms with E-state index in [0.29, 0.717) is 6.04 Å². The topological polar surface area (TPSA) is 24.9 Å². The van der Waals surface area contributed by atoms with Crippen molar-refractivity contribution in [3.05, 3.63) is 41.9 Å². The number of anilines is 1. The molecule has 1 aromatic heterocycles. The fourth-order valence-electron chi connectivity index (χ4n) is 1.93. The van der Waals surface area contributed by atoms with Gasteiger partial charge in [-0.3, -0.25) is 4.98 Å². The van der Waals surface area contributed by atoms with Crippen LogP contribution in [0.1, 0.15) is 20.3 Å². The summed E-state index contributed by atoms with van der Waals surface area (Å²) >= 11 is 5.96. The molecule has 0 aliphatic carbocycles. The molecule has 3 heteroatoms. The lowest BCUT2D eigenvalue weighted by atomic mass is 10.1. The van der Waals surface area contributed by atoms with Crippen LogP contribution in [0.4, 0.5) is 5.69 Å². The minimum Gasteiger partial charge on any atom is -0.382 e. The van der Waals surface area contributed by atoms with Crippen molar-refractivity contribution in [2.24, 2.45) is 0 Å². The normalized spacial score (nSPS) is 12.6. The van der Waals surface area contributed by atoms with Crippen molar-refractivity contribution in [1.82, 2.24) is 4.98 Å². The quantitative estimate of drug-likeness (QED) is 0.871. The van der Waals surface area contributed by atoms with E-state index >= 15 is 0 Å². The van der Waals surface area contributed by atoms with Gasteiger partial charge in [0.1, 0.15) is 0 Å². The van der Waals surface area contributed by atoms with E-state index in [2.05, 4.69) is 30.6 Å². The standard InChI is InChI=1S/C14H16ClN2/c1-3-4-10(2)17-13-7-8-16-14-9-11(15)5-6-12(13)14/h3,5-10H,4H2,1-2H3,(H,16,17)/t10-/m0/s1. The van der Waals surface area contributed by atoms with Gasteiger partial charge in [0.05, 0.1) is 5.52 Å². The van der Waals surface area contributed by atoms with Crippen LogP contribution in [0.3, 0.4) is 0 Å². The van der Waals surface area contributed by atoms with Gasteiger partial charge in [0.2, 0.25) is 0 Å². The number of hydrogen-bond donors (Lipinski definition) is 1. The molecule has 2 rings (SSSR count). The van der Waals surface area contributed by atoms with Crippen molar-refractivity contribution in [2.75, 3.05) is 5.32 Å². The summed E-state index contributed by atoms with van der Waals surface area (Å²) in [6.45, 7) is 4.24. The molecular formula is C14H16ClN2. The summed E-state index contributed by atoms with van der Waals surface area (Å²) in [5, 5.41) is 5.32. The SMILES string of the molecule is C[CH]C[C@H](C)Nc1ccnc2cc(Cl)ccc12. The van der Waals surface area contributed by atoms with E-state index in [1.807, 2.05) is 30.5 Å². The number of nitrogens with one attached hydrogen (secondary N) is 1. The molecule has 17 heavy (non-hydrogen) atoms. The van der Waals surface area contributed by atoms with E-state index in [-0.39, 0.29) is 0 Å². The Morgan fingerprint density at radius 1 is 1.41 bits per heavy atom. The van der Waals surface area contributed by atoms with Crippen LogP contribution in [0.15, 0.2) is 30.5 Å². The number of pyridine rings is 1. The molecule has 0 bridgehead atoms. The van der Waals surface area contributed by atoms with Crippen molar-refractivity contribution in [2.45, 2.75) is 26.3 Å². The lowest BCUT2D eigenvalue weighted by molar-refractivity contribution is 0.779. The first kappa shape index (κ1) is 12.2. The highest BCUT2D eigenvalue weighted by Crippen LogP contribution is 2.25. The molecule has 0 unspecified atom stereocenters. The number of halogens is 1. The maximum Gasteiger partial charge on any atom is 0.0737 e. The highest BCUT2D eigenvalue weighted by molar-refractivity contribution is 6.31. The number of benzene rings is 1. The molecule has 2 nitrogen and oxygen atoms in total. The van der Waals surface area contributed by atoms with E-state index in [0.717, 1.165) is 28.0 Å². The Morgan fingerprint density at radius 3 is 3.00 bits per heavy atom. The maximum absolute atomic E-state index is 5.96. The van der Waals surface area contributed by atoms with Gasteiger partial charge in [-0.15, -0.1) is 0 Å². The van der Waals surface area contributed by atoms with Crippen LogP contribution in [0.25, 0.3) is 10.9 Å². The molecule has 0 fully saturated rings. The molecule has 0 saturated heterocycles. The second-order valence-electron chi connectivity index (χ2n) is 4.21. The zero-order valence-corrected chi connectivity index (χ0v) is 10.8. The Morgan fingerprint density at radius 2 is 2.24 bits per heavy atom. The Labute approximate surface area is 107 Å². The first-order valence-electron chi connectivity index (χ1n) is 5.79. The van der Waals surface area contributed by atoms with Crippen LogP contribution in [0.2, 0.25) is 5.02 Å². The average Bonchev–Trinajstić information content (AvgIpc) is 2.29. The van der Waals surface area contributed by atoms with Gasteiger partial charge in [-0.1, -0.05) is 18.5 Å². The lowest BCUT2D eigenvalue weighted by Gasteiger charge is -2.15. The van der Waals surface area contributed by atoms with Crippen molar-refractivity contribution < 1.29 is 0 Å². The summed E-state index contributed by atoms with van der Waals surface area (Å²) in [6.07, 6.45) is 5.01. The van der Waals surface area contributed by atoms with E-state index < -0.39 is 0 Å². The summed E-state index contributed by atoms with van der Waals surface area (Å²) in [5.41, 5.74) is 2.04. The first-order chi connectivity index (χ1) is 8.20. The minimum atomic E-state index is 0.418. The molecule has 1 radical (unpaired) electrons. The number of rotatable bonds is 4. The highest BCUT2D eigenvalue weighted by atomic mass is 35.5. The fraction of sp³-hybridized carbons (Fsp3) is 0.286. The number of nitrogens with zero attached hydrogens (tertiary/aromatic N) is 1. The second kappa shape index (κ2) is 5.37. The minimum absolute atomic E-state index is 0.418. The van der Waals surface area contributed by atoms with Gasteiger partial charge in [0.25, 0.3) is 0 Å². The smallest absolute Gasteiger partial charge is 0.0737 e. The molecule has 1 heterocycles. The summed E-state index contributed by atoms with van der Waals surface area (Å²) in [4.78, 5) is 4.32. The first-order valence-corrected chi connectivity index (χ1v) is 6.17. The predicted molar refractivity (Wildman–Crippen MR) is 74.4 cm³/mol. The van der Waals surface area contributed by atoms with Crippen molar-refractivity contribution in [3.63, 3.8) is 0 Å². The summed E-state index contributed by atoms with van der Waals surface area (Å²) in [5.74, 6) is 0. The maximum atomic E-state index is 5.96. The molecule has 1 atom stereocenters. The average molecular weight is 248 g/mol. The van der Waals surface area contributed by atoms with Crippen molar-refractivity contribution >= 4 is 28.2 Å². The van der Waals surface area contributed by atoms with Crippen molar-refractivity contribution in [1.29, 1.82) is 0 Å². The number of aromatic nitrogens is 1. The van der Waals surface area contributed by atoms with Crippen LogP contribution >= 0.6 is 11.6 Å². The Balaban J connectivity index is 2.34. The van der Waals surface area contributed by atoms with E-state index in [1.165, 1.54) is 0 Å². The molecule has 1 aromatic carbocycles. The Bertz CT molecular complexity index is 511. The molecule has 0 saturated carbocycles. The summed E-state index contributed by atoms with van der Waals surface area (Å²) < 4.78 is 0. The molecule has 0 aliphatic rings. The molecule has 0 spiro atoms. The van der Waals surface area contributed by atoms with Crippen LogP contribution in [-0.4, -0.2) is 11.0 Å². The van der Waals surface area contributed by atoms with Crippen LogP contribution in [-0.2, 0) is 0 Å². The Kier molecular flexibility index (Phi) is 3.85. The van der Waals surface area contributed by atoms with Gasteiger partial charge >= 0.3 is 0 Å².